The molecule has 0 aliphatic carbocycles. The fourth-order valence-corrected chi connectivity index (χ4v) is 0.296. The molecule has 0 rings (SSSR count). The molecule has 0 spiro atoms. The molecule has 2 amide bonds. The number of urea groups is 1. The van der Waals surface area contributed by atoms with Crippen LogP contribution >= 0.6 is 22.9 Å². The highest BCUT2D eigenvalue weighted by Crippen LogP contribution is 1.67. The highest BCUT2D eigenvalue weighted by atomic mass is 127. The largest absolute Gasteiger partial charge is 0.376 e. The zero-order chi connectivity index (χ0) is 5.70. The number of carbonyl (C=O) groups is 1. The molecule has 0 radical (unpaired) electrons. The van der Waals surface area contributed by atoms with Gasteiger partial charge in [-0.25, -0.2) is 4.79 Å². The van der Waals surface area contributed by atoms with Gasteiger partial charge in [-0.1, -0.05) is 0 Å². The van der Waals surface area contributed by atoms with E-state index in [-0.39, 0.29) is 12.8 Å². The van der Waals surface area contributed by atoms with E-state index in [0.29, 0.717) is 0 Å². The van der Waals surface area contributed by atoms with Gasteiger partial charge in [0.05, 0.1) is 22.9 Å². The molecule has 0 bridgehead atoms. The molecule has 7 heavy (non-hydrogen) atoms. The van der Waals surface area contributed by atoms with Crippen molar-refractivity contribution in [1.82, 2.24) is 8.85 Å². The van der Waals surface area contributed by atoms with Crippen LogP contribution in [0.1, 0.15) is 0 Å². The first-order valence-corrected chi connectivity index (χ1v) is 2.64. The Labute approximate surface area is 54.8 Å². The van der Waals surface area contributed by atoms with Gasteiger partial charge in [-0.05, 0) is 0 Å². The summed E-state index contributed by atoms with van der Waals surface area (Å²) in [6.45, 7) is -0.325. The Morgan fingerprint density at radius 3 is 2.57 bits per heavy atom. The Morgan fingerprint density at radius 2 is 2.43 bits per heavy atom. The Kier molecular flexibility index (Phi) is 4.10. The molecule has 0 saturated heterocycles. The summed E-state index contributed by atoms with van der Waals surface area (Å²) in [6.07, 6.45) is 0. The van der Waals surface area contributed by atoms with Crippen LogP contribution in [-0.2, 0) is 0 Å². The summed E-state index contributed by atoms with van der Waals surface area (Å²) in [5.74, 6) is 0. The quantitative estimate of drug-likeness (QED) is 0.317. The van der Waals surface area contributed by atoms with Gasteiger partial charge >= 0.3 is 6.03 Å². The lowest BCUT2D eigenvalue weighted by molar-refractivity contribution is 0.223. The third kappa shape index (κ3) is 3.80. The van der Waals surface area contributed by atoms with E-state index < -0.39 is 0 Å². The molecule has 0 atom stereocenters. The molecule has 0 aromatic heterocycles. The van der Waals surface area contributed by atoms with Crippen molar-refractivity contribution in [2.45, 2.75) is 0 Å². The molecule has 42 valence electrons. The van der Waals surface area contributed by atoms with Crippen molar-refractivity contribution in [2.75, 3.05) is 6.73 Å². The summed E-state index contributed by atoms with van der Waals surface area (Å²) < 4.78 is 2.23. The lowest BCUT2D eigenvalue weighted by Gasteiger charge is -1.93. The molecular weight excluding hydrogens is 211 g/mol. The zero-order valence-electron chi connectivity index (χ0n) is 3.44. The smallest absolute Gasteiger partial charge is 0.325 e. The monoisotopic (exact) mass is 216 g/mol. The lowest BCUT2D eigenvalue weighted by Crippen LogP contribution is -2.29. The van der Waals surface area contributed by atoms with Gasteiger partial charge in [0.15, 0.2) is 0 Å². The van der Waals surface area contributed by atoms with Crippen LogP contribution in [0.5, 0.6) is 0 Å². The van der Waals surface area contributed by atoms with E-state index in [9.17, 15) is 4.79 Å². The van der Waals surface area contributed by atoms with Crippen molar-refractivity contribution >= 4 is 28.9 Å². The minimum absolute atomic E-state index is 0.325. The van der Waals surface area contributed by atoms with Gasteiger partial charge in [0, 0.05) is 0 Å². The third-order valence-electron chi connectivity index (χ3n) is 0.325. The number of halogens is 1. The van der Waals surface area contributed by atoms with Gasteiger partial charge < -0.3 is 10.4 Å². The standard InChI is InChI=1S/C2H5IN2O2/c3-5-2(7)4-1-6/h6H,1H2,(H2,4,5,7). The van der Waals surface area contributed by atoms with Gasteiger partial charge in [-0.2, -0.15) is 0 Å². The SMILES string of the molecule is O=C(NI)NCO. The predicted octanol–water partition coefficient (Wildman–Crippen LogP) is -0.415. The third-order valence-corrected chi connectivity index (χ3v) is 0.815. The predicted molar refractivity (Wildman–Crippen MR) is 32.8 cm³/mol. The Morgan fingerprint density at radius 1 is 1.86 bits per heavy atom. The molecule has 0 fully saturated rings. The maximum atomic E-state index is 10.0. The zero-order valence-corrected chi connectivity index (χ0v) is 5.60. The second-order valence-electron chi connectivity index (χ2n) is 0.759. The summed E-state index contributed by atoms with van der Waals surface area (Å²) in [6, 6.07) is -0.386. The van der Waals surface area contributed by atoms with E-state index in [1.807, 2.05) is 0 Å². The van der Waals surface area contributed by atoms with Crippen LogP contribution in [0.3, 0.4) is 0 Å². The van der Waals surface area contributed by atoms with Crippen LogP contribution in [0.4, 0.5) is 4.79 Å². The summed E-state index contributed by atoms with van der Waals surface area (Å²) in [5.41, 5.74) is 0. The maximum absolute atomic E-state index is 10.0. The fraction of sp³-hybridized carbons (Fsp3) is 0.500. The maximum Gasteiger partial charge on any atom is 0.325 e. The number of nitrogens with one attached hydrogen (secondary N) is 2. The van der Waals surface area contributed by atoms with E-state index in [2.05, 4.69) is 8.85 Å². The average molecular weight is 216 g/mol. The van der Waals surface area contributed by atoms with E-state index >= 15 is 0 Å². The Hall–Kier alpha value is -0.0400. The second-order valence-corrected chi connectivity index (χ2v) is 1.30. The number of carbonyl (C=O) groups excluding carboxylic acids is 1. The first kappa shape index (κ1) is 6.96. The van der Waals surface area contributed by atoms with Gasteiger partial charge in [-0.3, -0.25) is 3.53 Å². The first-order chi connectivity index (χ1) is 3.31. The minimum Gasteiger partial charge on any atom is -0.376 e. The number of amides is 2. The second kappa shape index (κ2) is 4.13. The van der Waals surface area contributed by atoms with E-state index in [1.54, 1.807) is 22.9 Å². The van der Waals surface area contributed by atoms with Gasteiger partial charge in [0.25, 0.3) is 0 Å². The van der Waals surface area contributed by atoms with Crippen LogP contribution in [0.15, 0.2) is 0 Å². The molecule has 0 saturated carbocycles. The number of rotatable bonds is 1. The van der Waals surface area contributed by atoms with E-state index in [1.165, 1.54) is 0 Å². The van der Waals surface area contributed by atoms with E-state index in [0.717, 1.165) is 0 Å². The van der Waals surface area contributed by atoms with Crippen molar-refractivity contribution in [2.24, 2.45) is 0 Å². The average Bonchev–Trinajstić information content (AvgIpc) is 1.68. The van der Waals surface area contributed by atoms with Gasteiger partial charge in [0.2, 0.25) is 0 Å². The Balaban J connectivity index is 3.00. The van der Waals surface area contributed by atoms with E-state index in [4.69, 9.17) is 5.11 Å². The van der Waals surface area contributed by atoms with Crippen molar-refractivity contribution in [3.63, 3.8) is 0 Å². The minimum atomic E-state index is -0.386. The van der Waals surface area contributed by atoms with Crippen LogP contribution in [-0.4, -0.2) is 17.9 Å². The molecule has 0 unspecified atom stereocenters. The summed E-state index contributed by atoms with van der Waals surface area (Å²) in [4.78, 5) is 10.0. The number of aliphatic hydroxyl groups excluding tert-OH is 1. The van der Waals surface area contributed by atoms with Crippen LogP contribution in [0, 0.1) is 0 Å². The highest BCUT2D eigenvalue weighted by Gasteiger charge is 1.88. The van der Waals surface area contributed by atoms with Crippen molar-refractivity contribution in [3.8, 4) is 0 Å². The molecule has 0 aromatic carbocycles. The first-order valence-electron chi connectivity index (χ1n) is 1.56. The molecule has 0 aliphatic rings. The number of hydrogen-bond donors (Lipinski definition) is 3. The highest BCUT2D eigenvalue weighted by molar-refractivity contribution is 14.1. The van der Waals surface area contributed by atoms with Crippen molar-refractivity contribution in [3.05, 3.63) is 0 Å². The Bertz CT molecular complexity index is 66.7. The topological polar surface area (TPSA) is 61.4 Å². The number of aliphatic hydroxyl groups is 1. The molecule has 0 aromatic rings. The van der Waals surface area contributed by atoms with Crippen LogP contribution in [0.25, 0.3) is 0 Å². The van der Waals surface area contributed by atoms with Crippen molar-refractivity contribution < 1.29 is 9.90 Å². The lowest BCUT2D eigenvalue weighted by atomic mass is 11.0. The van der Waals surface area contributed by atoms with Crippen molar-refractivity contribution in [1.29, 1.82) is 0 Å². The van der Waals surface area contributed by atoms with Crippen LogP contribution < -0.4 is 8.85 Å². The molecular formula is C2H5IN2O2. The van der Waals surface area contributed by atoms with Gasteiger partial charge in [0.1, 0.15) is 6.73 Å². The molecule has 5 heteroatoms. The summed E-state index contributed by atoms with van der Waals surface area (Å²) in [5, 5.41) is 10.1. The normalized spacial score (nSPS) is 7.71. The fourth-order valence-electron chi connectivity index (χ4n) is 0.105. The molecule has 0 heterocycles. The summed E-state index contributed by atoms with van der Waals surface area (Å²) in [7, 11) is 0. The molecule has 0 aliphatic heterocycles. The molecule has 4 nitrogen and oxygen atoms in total. The number of hydrogen-bond acceptors (Lipinski definition) is 2. The summed E-state index contributed by atoms with van der Waals surface area (Å²) >= 11 is 1.66. The van der Waals surface area contributed by atoms with Crippen LogP contribution in [0.2, 0.25) is 0 Å². The van der Waals surface area contributed by atoms with Gasteiger partial charge in [-0.15, -0.1) is 0 Å². The molecule has 3 N–H and O–H groups in total.